The Hall–Kier alpha value is -2.99. The summed E-state index contributed by atoms with van der Waals surface area (Å²) in [5.41, 5.74) is 3.49. The monoisotopic (exact) mass is 405 g/mol. The molecule has 1 saturated carbocycles. The number of benzene rings is 2. The zero-order valence-electron chi connectivity index (χ0n) is 15.8. The molecule has 2 aromatic heterocycles. The SMILES string of the molecule is O=C(Cc1csc2nc(-c3ccccc3)cn12)NC1(c2ccc(F)cc2)CCC1. The van der Waals surface area contributed by atoms with Crippen LogP contribution >= 0.6 is 11.3 Å². The van der Waals surface area contributed by atoms with E-state index in [2.05, 4.69) is 10.3 Å². The molecule has 2 aromatic carbocycles. The van der Waals surface area contributed by atoms with E-state index in [1.54, 1.807) is 12.1 Å². The van der Waals surface area contributed by atoms with Gasteiger partial charge in [-0.2, -0.15) is 0 Å². The maximum absolute atomic E-state index is 13.3. The Balaban J connectivity index is 1.36. The third-order valence-corrected chi connectivity index (χ3v) is 6.57. The summed E-state index contributed by atoms with van der Waals surface area (Å²) in [6, 6.07) is 16.5. The molecule has 0 saturated heterocycles. The van der Waals surface area contributed by atoms with Crippen molar-refractivity contribution in [3.05, 3.63) is 83.2 Å². The average Bonchev–Trinajstić information content (AvgIpc) is 3.28. The van der Waals surface area contributed by atoms with Crippen molar-refractivity contribution in [1.82, 2.24) is 14.7 Å². The van der Waals surface area contributed by atoms with E-state index < -0.39 is 0 Å². The molecule has 1 amide bonds. The third-order valence-electron chi connectivity index (χ3n) is 5.68. The van der Waals surface area contributed by atoms with E-state index in [1.165, 1.54) is 23.5 Å². The third kappa shape index (κ3) is 3.34. The number of carbonyl (C=O) groups is 1. The fourth-order valence-electron chi connectivity index (χ4n) is 3.97. The highest BCUT2D eigenvalue weighted by atomic mass is 32.1. The average molecular weight is 405 g/mol. The number of nitrogens with zero attached hydrogens (tertiary/aromatic N) is 2. The molecular weight excluding hydrogens is 385 g/mol. The van der Waals surface area contributed by atoms with Crippen LogP contribution < -0.4 is 5.32 Å². The van der Waals surface area contributed by atoms with Crippen LogP contribution in [0.5, 0.6) is 0 Å². The molecule has 1 aliphatic carbocycles. The molecule has 0 unspecified atom stereocenters. The normalized spacial score (nSPS) is 15.2. The van der Waals surface area contributed by atoms with Crippen molar-refractivity contribution in [2.75, 3.05) is 0 Å². The number of amides is 1. The molecule has 5 rings (SSSR count). The minimum Gasteiger partial charge on any atom is -0.346 e. The number of imidazole rings is 1. The number of hydrogen-bond donors (Lipinski definition) is 1. The van der Waals surface area contributed by atoms with Crippen LogP contribution in [-0.2, 0) is 16.8 Å². The highest BCUT2D eigenvalue weighted by molar-refractivity contribution is 7.15. The van der Waals surface area contributed by atoms with Crippen molar-refractivity contribution in [3.8, 4) is 11.3 Å². The second-order valence-corrected chi connectivity index (χ2v) is 8.38. The Morgan fingerprint density at radius 3 is 2.59 bits per heavy atom. The van der Waals surface area contributed by atoms with Crippen molar-refractivity contribution in [2.45, 2.75) is 31.2 Å². The molecule has 4 aromatic rings. The van der Waals surface area contributed by atoms with Crippen molar-refractivity contribution in [2.24, 2.45) is 0 Å². The molecule has 146 valence electrons. The van der Waals surface area contributed by atoms with Crippen LogP contribution in [-0.4, -0.2) is 15.3 Å². The summed E-state index contributed by atoms with van der Waals surface area (Å²) >= 11 is 1.54. The highest BCUT2D eigenvalue weighted by Crippen LogP contribution is 2.41. The van der Waals surface area contributed by atoms with Gasteiger partial charge in [-0.3, -0.25) is 9.20 Å². The van der Waals surface area contributed by atoms with Gasteiger partial charge in [0.15, 0.2) is 4.96 Å². The van der Waals surface area contributed by atoms with Gasteiger partial charge in [-0.15, -0.1) is 11.3 Å². The lowest BCUT2D eigenvalue weighted by atomic mass is 9.71. The molecule has 0 radical (unpaired) electrons. The predicted molar refractivity (Wildman–Crippen MR) is 112 cm³/mol. The van der Waals surface area contributed by atoms with E-state index >= 15 is 0 Å². The molecule has 1 fully saturated rings. The number of aromatic nitrogens is 2. The van der Waals surface area contributed by atoms with Crippen LogP contribution in [0.4, 0.5) is 4.39 Å². The molecule has 29 heavy (non-hydrogen) atoms. The fraction of sp³-hybridized carbons (Fsp3) is 0.217. The summed E-state index contributed by atoms with van der Waals surface area (Å²) in [5.74, 6) is -0.284. The molecule has 0 spiro atoms. The lowest BCUT2D eigenvalue weighted by molar-refractivity contribution is -0.123. The van der Waals surface area contributed by atoms with Gasteiger partial charge in [-0.1, -0.05) is 42.5 Å². The predicted octanol–water partition coefficient (Wildman–Crippen LogP) is 4.94. The van der Waals surface area contributed by atoms with E-state index in [1.807, 2.05) is 46.3 Å². The highest BCUT2D eigenvalue weighted by Gasteiger charge is 2.40. The molecule has 6 heteroatoms. The first kappa shape index (κ1) is 18.1. The van der Waals surface area contributed by atoms with Gasteiger partial charge < -0.3 is 5.32 Å². The van der Waals surface area contributed by atoms with Gasteiger partial charge in [0.25, 0.3) is 0 Å². The Bertz CT molecular complexity index is 1160. The summed E-state index contributed by atoms with van der Waals surface area (Å²) in [7, 11) is 0. The Morgan fingerprint density at radius 2 is 1.90 bits per heavy atom. The minimum atomic E-state index is -0.371. The Kier molecular flexibility index (Phi) is 4.43. The molecule has 0 aliphatic heterocycles. The maximum Gasteiger partial charge on any atom is 0.226 e. The number of halogens is 1. The van der Waals surface area contributed by atoms with Crippen molar-refractivity contribution < 1.29 is 9.18 Å². The fourth-order valence-corrected chi connectivity index (χ4v) is 4.84. The summed E-state index contributed by atoms with van der Waals surface area (Å²) in [6.07, 6.45) is 5.10. The first-order valence-electron chi connectivity index (χ1n) is 9.71. The van der Waals surface area contributed by atoms with Gasteiger partial charge in [0.2, 0.25) is 5.91 Å². The molecular formula is C23H20FN3OS. The Morgan fingerprint density at radius 1 is 1.14 bits per heavy atom. The van der Waals surface area contributed by atoms with E-state index in [-0.39, 0.29) is 23.7 Å². The van der Waals surface area contributed by atoms with Crippen LogP contribution in [0.15, 0.2) is 66.2 Å². The number of fused-ring (bicyclic) bond motifs is 1. The van der Waals surface area contributed by atoms with E-state index in [9.17, 15) is 9.18 Å². The first-order chi connectivity index (χ1) is 14.1. The first-order valence-corrected chi connectivity index (χ1v) is 10.6. The smallest absolute Gasteiger partial charge is 0.226 e. The lowest BCUT2D eigenvalue weighted by Crippen LogP contribution is -2.51. The zero-order valence-corrected chi connectivity index (χ0v) is 16.6. The van der Waals surface area contributed by atoms with Crippen LogP contribution in [0.2, 0.25) is 0 Å². The summed E-state index contributed by atoms with van der Waals surface area (Å²) < 4.78 is 15.3. The number of nitrogens with one attached hydrogen (secondary N) is 1. The second kappa shape index (κ2) is 7.12. The van der Waals surface area contributed by atoms with Gasteiger partial charge >= 0.3 is 0 Å². The van der Waals surface area contributed by atoms with Gasteiger partial charge in [0.1, 0.15) is 5.82 Å². The van der Waals surface area contributed by atoms with E-state index in [0.717, 1.165) is 46.7 Å². The van der Waals surface area contributed by atoms with E-state index in [0.29, 0.717) is 0 Å². The van der Waals surface area contributed by atoms with Gasteiger partial charge in [-0.05, 0) is 37.0 Å². The quantitative estimate of drug-likeness (QED) is 0.511. The van der Waals surface area contributed by atoms with Gasteiger partial charge in [-0.25, -0.2) is 9.37 Å². The number of rotatable bonds is 5. The summed E-state index contributed by atoms with van der Waals surface area (Å²) in [6.45, 7) is 0. The molecule has 1 aliphatic rings. The van der Waals surface area contributed by atoms with Crippen LogP contribution in [0.3, 0.4) is 0 Å². The number of carbonyl (C=O) groups excluding carboxylic acids is 1. The van der Waals surface area contributed by atoms with Crippen molar-refractivity contribution in [1.29, 1.82) is 0 Å². The second-order valence-electron chi connectivity index (χ2n) is 7.54. The Labute approximate surface area is 172 Å². The van der Waals surface area contributed by atoms with Crippen molar-refractivity contribution >= 4 is 22.2 Å². The minimum absolute atomic E-state index is 0.0244. The number of hydrogen-bond acceptors (Lipinski definition) is 3. The standard InChI is InChI=1S/C23H20FN3OS/c24-18-9-7-17(8-10-18)23(11-4-12-23)26-21(28)13-19-15-29-22-25-20(14-27(19)22)16-5-2-1-3-6-16/h1-3,5-10,14-15H,4,11-13H2,(H,26,28). The van der Waals surface area contributed by atoms with Gasteiger partial charge in [0, 0.05) is 22.8 Å². The zero-order chi connectivity index (χ0) is 19.8. The van der Waals surface area contributed by atoms with Crippen LogP contribution in [0.1, 0.15) is 30.5 Å². The molecule has 0 atom stereocenters. The summed E-state index contributed by atoms with van der Waals surface area (Å²) in [4.78, 5) is 18.4. The maximum atomic E-state index is 13.3. The molecule has 4 nitrogen and oxygen atoms in total. The van der Waals surface area contributed by atoms with Crippen molar-refractivity contribution in [3.63, 3.8) is 0 Å². The van der Waals surface area contributed by atoms with Crippen LogP contribution in [0, 0.1) is 5.82 Å². The van der Waals surface area contributed by atoms with Crippen LogP contribution in [0.25, 0.3) is 16.2 Å². The largest absolute Gasteiger partial charge is 0.346 e. The van der Waals surface area contributed by atoms with E-state index in [4.69, 9.17) is 0 Å². The molecule has 2 heterocycles. The molecule has 1 N–H and O–H groups in total. The summed E-state index contributed by atoms with van der Waals surface area (Å²) in [5, 5.41) is 5.20. The lowest BCUT2D eigenvalue weighted by Gasteiger charge is -2.43. The molecule has 0 bridgehead atoms. The topological polar surface area (TPSA) is 46.4 Å². The number of thiazole rings is 1. The van der Waals surface area contributed by atoms with Gasteiger partial charge in [0.05, 0.1) is 17.7 Å².